The minimum absolute atomic E-state index is 0.0269. The molecule has 1 unspecified atom stereocenters. The highest BCUT2D eigenvalue weighted by Gasteiger charge is 2.40. The molecule has 9 heteroatoms. The zero-order chi connectivity index (χ0) is 32.5. The minimum Gasteiger partial charge on any atom is -0.354 e. The maximum Gasteiger partial charge on any atom is 0.249 e. The lowest BCUT2D eigenvalue weighted by molar-refractivity contribution is -0.142. The van der Waals surface area contributed by atoms with Crippen LogP contribution in [0.1, 0.15) is 114 Å². The molecule has 0 spiro atoms. The molecular weight excluding hydrogens is 542 g/mol. The summed E-state index contributed by atoms with van der Waals surface area (Å²) in [5.74, 6) is -0.483. The third-order valence-electron chi connectivity index (χ3n) is 9.04. The van der Waals surface area contributed by atoms with Crippen molar-refractivity contribution >= 4 is 23.6 Å². The quantitative estimate of drug-likeness (QED) is 0.238. The first-order valence-electron chi connectivity index (χ1n) is 16.7. The smallest absolute Gasteiger partial charge is 0.249 e. The molecule has 43 heavy (non-hydrogen) atoms. The van der Waals surface area contributed by atoms with E-state index in [4.69, 9.17) is 0 Å². The summed E-state index contributed by atoms with van der Waals surface area (Å²) in [5.41, 5.74) is 0.0111. The third-order valence-corrected chi connectivity index (χ3v) is 9.04. The number of amides is 4. The summed E-state index contributed by atoms with van der Waals surface area (Å²) >= 11 is 0. The fourth-order valence-corrected chi connectivity index (χ4v) is 6.38. The Balaban J connectivity index is 2.21. The fraction of sp³-hybridized carbons (Fsp3) is 0.824. The zero-order valence-electron chi connectivity index (χ0n) is 28.8. The van der Waals surface area contributed by atoms with Crippen LogP contribution in [0.4, 0.5) is 0 Å². The molecule has 2 fully saturated rings. The van der Waals surface area contributed by atoms with E-state index in [1.807, 2.05) is 40.7 Å². The molecule has 0 aromatic rings. The van der Waals surface area contributed by atoms with Crippen molar-refractivity contribution in [1.82, 2.24) is 25.3 Å². The summed E-state index contributed by atoms with van der Waals surface area (Å²) in [5, 5.41) is 6.14. The van der Waals surface area contributed by atoms with Crippen LogP contribution in [0.5, 0.6) is 0 Å². The van der Waals surface area contributed by atoms with Gasteiger partial charge in [-0.05, 0) is 70.8 Å². The number of rotatable bonds is 13. The van der Waals surface area contributed by atoms with Gasteiger partial charge in [0.25, 0.3) is 0 Å². The Kier molecular flexibility index (Phi) is 14.2. The van der Waals surface area contributed by atoms with Crippen LogP contribution in [-0.2, 0) is 19.2 Å². The van der Waals surface area contributed by atoms with E-state index in [1.54, 1.807) is 23.8 Å². The highest BCUT2D eigenvalue weighted by Crippen LogP contribution is 2.27. The summed E-state index contributed by atoms with van der Waals surface area (Å²) in [6.45, 7) is 20.2. The van der Waals surface area contributed by atoms with Gasteiger partial charge >= 0.3 is 0 Å². The van der Waals surface area contributed by atoms with Gasteiger partial charge in [-0.2, -0.15) is 0 Å². The number of piperidine rings is 1. The van der Waals surface area contributed by atoms with Gasteiger partial charge in [0.15, 0.2) is 0 Å². The second kappa shape index (κ2) is 16.6. The molecule has 2 N–H and O–H groups in total. The van der Waals surface area contributed by atoms with E-state index in [-0.39, 0.29) is 47.7 Å². The van der Waals surface area contributed by atoms with Crippen molar-refractivity contribution < 1.29 is 19.2 Å². The molecule has 4 atom stereocenters. The number of likely N-dealkylation sites (tertiary alicyclic amines) is 2. The van der Waals surface area contributed by atoms with Crippen molar-refractivity contribution in [2.75, 3.05) is 26.7 Å². The second-order valence-electron chi connectivity index (χ2n) is 14.3. The number of unbranched alkanes of at least 4 members (excludes halogenated alkanes) is 2. The molecule has 2 saturated heterocycles. The molecule has 2 rings (SSSR count). The molecule has 9 nitrogen and oxygen atoms in total. The standard InChI is InChI=1S/C34H61N5O4/c1-11-12-14-19-35-30(40)26-18-16-21-39(26)32(42)25(6)22-28(23(2)3)37(10)33(43)29(34(7,8)9)36-31(41)27-17-13-15-20-38(27)24(4)5/h22-24,26-29H,11-21H2,1-10H3,(H,35,40)(H,36,41)/t26-,27?,28+,29+/m0/s1. The van der Waals surface area contributed by atoms with Crippen LogP contribution in [0.3, 0.4) is 0 Å². The molecule has 0 radical (unpaired) electrons. The number of likely N-dealkylation sites (N-methyl/N-ethyl adjacent to an activating group) is 1. The van der Waals surface area contributed by atoms with Crippen molar-refractivity contribution in [3.05, 3.63) is 11.6 Å². The summed E-state index contributed by atoms with van der Waals surface area (Å²) < 4.78 is 0. The molecule has 0 aliphatic carbocycles. The normalized spacial score (nSPS) is 21.6. The van der Waals surface area contributed by atoms with Crippen LogP contribution in [-0.4, -0.2) is 95.2 Å². The first-order valence-corrected chi connectivity index (χ1v) is 16.7. The first kappa shape index (κ1) is 36.8. The molecule has 2 aliphatic rings. The van der Waals surface area contributed by atoms with E-state index in [0.29, 0.717) is 25.1 Å². The van der Waals surface area contributed by atoms with Crippen molar-refractivity contribution in [2.24, 2.45) is 11.3 Å². The lowest BCUT2D eigenvalue weighted by Gasteiger charge is -2.41. The molecular formula is C34H61N5O4. The van der Waals surface area contributed by atoms with Gasteiger partial charge in [-0.25, -0.2) is 0 Å². The second-order valence-corrected chi connectivity index (χ2v) is 14.3. The maximum atomic E-state index is 14.1. The number of hydrogen-bond acceptors (Lipinski definition) is 5. The third kappa shape index (κ3) is 10.0. The Hall–Kier alpha value is -2.42. The number of nitrogens with one attached hydrogen (secondary N) is 2. The van der Waals surface area contributed by atoms with E-state index < -0.39 is 17.5 Å². The largest absolute Gasteiger partial charge is 0.354 e. The van der Waals surface area contributed by atoms with E-state index >= 15 is 0 Å². The molecule has 0 aromatic carbocycles. The van der Waals surface area contributed by atoms with E-state index in [1.165, 1.54) is 0 Å². The SMILES string of the molecule is CCCCCNC(=O)[C@@H]1CCCN1C(=O)C(C)=C[C@H](C(C)C)N(C)C(=O)[C@@H](NC(=O)C1CCCCN1C(C)C)C(C)(C)C. The van der Waals surface area contributed by atoms with E-state index in [0.717, 1.165) is 51.5 Å². The molecule has 0 aromatic heterocycles. The topological polar surface area (TPSA) is 102 Å². The van der Waals surface area contributed by atoms with Gasteiger partial charge < -0.3 is 20.4 Å². The summed E-state index contributed by atoms with van der Waals surface area (Å²) in [6.07, 6.45) is 9.27. The minimum atomic E-state index is -0.717. The van der Waals surface area contributed by atoms with E-state index in [9.17, 15) is 19.2 Å². The Labute approximate surface area is 261 Å². The molecule has 2 aliphatic heterocycles. The van der Waals surface area contributed by atoms with Crippen LogP contribution in [0.25, 0.3) is 0 Å². The summed E-state index contributed by atoms with van der Waals surface area (Å²) in [7, 11) is 1.76. The zero-order valence-corrected chi connectivity index (χ0v) is 28.8. The summed E-state index contributed by atoms with van der Waals surface area (Å²) in [6, 6.07) is -1.52. The average molecular weight is 604 g/mol. The lowest BCUT2D eigenvalue weighted by Crippen LogP contribution is -2.60. The van der Waals surface area contributed by atoms with Gasteiger partial charge in [-0.1, -0.05) is 66.9 Å². The molecule has 0 saturated carbocycles. The molecule has 2 heterocycles. The number of hydrogen-bond donors (Lipinski definition) is 2. The Morgan fingerprint density at radius 2 is 1.58 bits per heavy atom. The fourth-order valence-electron chi connectivity index (χ4n) is 6.38. The monoisotopic (exact) mass is 603 g/mol. The highest BCUT2D eigenvalue weighted by atomic mass is 16.2. The maximum absolute atomic E-state index is 14.1. The van der Waals surface area contributed by atoms with Crippen molar-refractivity contribution in [3.63, 3.8) is 0 Å². The molecule has 246 valence electrons. The molecule has 0 bridgehead atoms. The number of carbonyl (C=O) groups excluding carboxylic acids is 4. The van der Waals surface area contributed by atoms with Gasteiger partial charge in [0.2, 0.25) is 23.6 Å². The Morgan fingerprint density at radius 1 is 0.930 bits per heavy atom. The van der Waals surface area contributed by atoms with Gasteiger partial charge in [-0.3, -0.25) is 24.1 Å². The van der Waals surface area contributed by atoms with Crippen molar-refractivity contribution in [1.29, 1.82) is 0 Å². The van der Waals surface area contributed by atoms with Gasteiger partial charge in [0.1, 0.15) is 12.1 Å². The predicted molar refractivity (Wildman–Crippen MR) is 173 cm³/mol. The predicted octanol–water partition coefficient (Wildman–Crippen LogP) is 4.51. The lowest BCUT2D eigenvalue weighted by atomic mass is 9.84. The van der Waals surface area contributed by atoms with Crippen molar-refractivity contribution in [3.8, 4) is 0 Å². The Bertz CT molecular complexity index is 986. The van der Waals surface area contributed by atoms with E-state index in [2.05, 4.69) is 36.3 Å². The van der Waals surface area contributed by atoms with Crippen LogP contribution in [0.15, 0.2) is 11.6 Å². The van der Waals surface area contributed by atoms with Gasteiger partial charge in [0.05, 0.1) is 12.1 Å². The number of nitrogens with zero attached hydrogens (tertiary/aromatic N) is 3. The van der Waals surface area contributed by atoms with Gasteiger partial charge in [-0.15, -0.1) is 0 Å². The van der Waals surface area contributed by atoms with Crippen LogP contribution in [0, 0.1) is 11.3 Å². The number of carbonyl (C=O) groups is 4. The van der Waals surface area contributed by atoms with Crippen LogP contribution < -0.4 is 10.6 Å². The summed E-state index contributed by atoms with van der Waals surface area (Å²) in [4.78, 5) is 59.8. The van der Waals surface area contributed by atoms with Crippen LogP contribution in [0.2, 0.25) is 0 Å². The Morgan fingerprint density at radius 3 is 2.16 bits per heavy atom. The van der Waals surface area contributed by atoms with Gasteiger partial charge in [0, 0.05) is 31.8 Å². The molecule has 4 amide bonds. The average Bonchev–Trinajstić information content (AvgIpc) is 3.44. The van der Waals surface area contributed by atoms with Crippen LogP contribution >= 0.6 is 0 Å². The first-order chi connectivity index (χ1) is 20.1. The highest BCUT2D eigenvalue weighted by molar-refractivity contribution is 5.97. The van der Waals surface area contributed by atoms with Crippen molar-refractivity contribution in [2.45, 2.75) is 144 Å².